The van der Waals surface area contributed by atoms with Crippen LogP contribution in [0.2, 0.25) is 0 Å². The molecule has 3 heteroatoms. The topological polar surface area (TPSA) is 37.4 Å². The van der Waals surface area contributed by atoms with Crippen LogP contribution in [0.5, 0.6) is 0 Å². The predicted octanol–water partition coefficient (Wildman–Crippen LogP) is 1.25. The largest absolute Gasteiger partial charge is 0.278 e. The molecule has 1 fully saturated rings. The molecule has 13 heavy (non-hydrogen) atoms. The minimum absolute atomic E-state index is 0.00204. The first kappa shape index (κ1) is 8.48. The maximum Gasteiger partial charge on any atom is 0.229 e. The molecule has 0 atom stereocenters. The van der Waals surface area contributed by atoms with E-state index in [9.17, 15) is 9.59 Å². The highest BCUT2D eigenvalue weighted by Gasteiger charge is 2.29. The van der Waals surface area contributed by atoms with E-state index in [4.69, 9.17) is 0 Å². The summed E-state index contributed by atoms with van der Waals surface area (Å²) in [5.41, 5.74) is 1.25. The fraction of sp³-hybridized carbons (Fsp3) is 0.600. The van der Waals surface area contributed by atoms with E-state index in [1.165, 1.54) is 16.9 Å². The number of nitrogens with zero attached hydrogens (tertiary/aromatic N) is 1. The van der Waals surface area contributed by atoms with Gasteiger partial charge in [-0.2, -0.15) is 0 Å². The van der Waals surface area contributed by atoms with Crippen LogP contribution in [0.4, 0.5) is 0 Å². The average Bonchev–Trinajstić information content (AvgIpc) is 2.70. The molecule has 3 nitrogen and oxygen atoms in total. The van der Waals surface area contributed by atoms with E-state index in [2.05, 4.69) is 6.08 Å². The van der Waals surface area contributed by atoms with Gasteiger partial charge in [0.1, 0.15) is 0 Å². The van der Waals surface area contributed by atoms with Crippen molar-refractivity contribution in [1.29, 1.82) is 0 Å². The molecule has 2 rings (SSSR count). The zero-order chi connectivity index (χ0) is 9.26. The van der Waals surface area contributed by atoms with E-state index in [1.807, 2.05) is 0 Å². The maximum atomic E-state index is 11.3. The molecule has 0 unspecified atom stereocenters. The van der Waals surface area contributed by atoms with Crippen LogP contribution in [0.15, 0.2) is 11.6 Å². The Bertz CT molecular complexity index is 265. The number of hydrogen-bond acceptors (Lipinski definition) is 2. The Morgan fingerprint density at radius 1 is 1.15 bits per heavy atom. The van der Waals surface area contributed by atoms with Crippen LogP contribution >= 0.6 is 0 Å². The van der Waals surface area contributed by atoms with Gasteiger partial charge in [-0.05, 0) is 19.3 Å². The Balaban J connectivity index is 2.00. The third-order valence-corrected chi connectivity index (χ3v) is 2.65. The Hall–Kier alpha value is -1.12. The van der Waals surface area contributed by atoms with Crippen molar-refractivity contribution in [3.8, 4) is 0 Å². The smallest absolute Gasteiger partial charge is 0.229 e. The van der Waals surface area contributed by atoms with Crippen molar-refractivity contribution in [2.75, 3.05) is 6.54 Å². The van der Waals surface area contributed by atoms with Gasteiger partial charge in [0.15, 0.2) is 0 Å². The molecule has 0 aromatic carbocycles. The number of imide groups is 1. The number of likely N-dealkylation sites (tertiary alicyclic amines) is 1. The molecular weight excluding hydrogens is 166 g/mol. The van der Waals surface area contributed by atoms with E-state index in [1.54, 1.807) is 0 Å². The highest BCUT2D eigenvalue weighted by atomic mass is 16.2. The molecule has 1 aliphatic heterocycles. The Morgan fingerprint density at radius 3 is 2.38 bits per heavy atom. The summed E-state index contributed by atoms with van der Waals surface area (Å²) >= 11 is 0. The van der Waals surface area contributed by atoms with Crippen molar-refractivity contribution in [3.63, 3.8) is 0 Å². The van der Waals surface area contributed by atoms with Gasteiger partial charge in [-0.3, -0.25) is 14.5 Å². The second-order valence-corrected chi connectivity index (χ2v) is 3.63. The van der Waals surface area contributed by atoms with Crippen molar-refractivity contribution >= 4 is 11.8 Å². The summed E-state index contributed by atoms with van der Waals surface area (Å²) in [6, 6.07) is 0. The molecule has 0 spiro atoms. The minimum atomic E-state index is -0.00204. The number of hydrogen-bond donors (Lipinski definition) is 0. The molecule has 0 radical (unpaired) electrons. The van der Waals surface area contributed by atoms with E-state index in [0.29, 0.717) is 19.4 Å². The monoisotopic (exact) mass is 179 g/mol. The normalized spacial score (nSPS) is 22.8. The third kappa shape index (κ3) is 1.64. The molecule has 0 aromatic rings. The van der Waals surface area contributed by atoms with Crippen molar-refractivity contribution < 1.29 is 9.59 Å². The molecule has 1 heterocycles. The summed E-state index contributed by atoms with van der Waals surface area (Å²) in [4.78, 5) is 23.9. The summed E-state index contributed by atoms with van der Waals surface area (Å²) in [5.74, 6) is -0.00407. The minimum Gasteiger partial charge on any atom is -0.278 e. The van der Waals surface area contributed by atoms with E-state index in [-0.39, 0.29) is 11.8 Å². The molecule has 0 aromatic heterocycles. The average molecular weight is 179 g/mol. The molecule has 1 aliphatic carbocycles. The fourth-order valence-corrected chi connectivity index (χ4v) is 1.88. The molecule has 2 aliphatic rings. The Morgan fingerprint density at radius 2 is 1.85 bits per heavy atom. The number of carbonyl (C=O) groups excluding carboxylic acids is 2. The third-order valence-electron chi connectivity index (χ3n) is 2.65. The molecule has 1 saturated heterocycles. The SMILES string of the molecule is O=C1CCC(=O)N1CC1=CCCC1. The van der Waals surface area contributed by atoms with Crippen LogP contribution < -0.4 is 0 Å². The van der Waals surface area contributed by atoms with Gasteiger partial charge in [0, 0.05) is 19.4 Å². The number of amides is 2. The van der Waals surface area contributed by atoms with Crippen molar-refractivity contribution in [3.05, 3.63) is 11.6 Å². The van der Waals surface area contributed by atoms with E-state index < -0.39 is 0 Å². The maximum absolute atomic E-state index is 11.3. The number of carbonyl (C=O) groups is 2. The van der Waals surface area contributed by atoms with Gasteiger partial charge in [0.25, 0.3) is 0 Å². The summed E-state index contributed by atoms with van der Waals surface area (Å²) in [5, 5.41) is 0. The lowest BCUT2D eigenvalue weighted by atomic mass is 10.2. The van der Waals surface area contributed by atoms with Gasteiger partial charge in [-0.25, -0.2) is 0 Å². The van der Waals surface area contributed by atoms with Crippen molar-refractivity contribution in [2.24, 2.45) is 0 Å². The zero-order valence-corrected chi connectivity index (χ0v) is 7.58. The highest BCUT2D eigenvalue weighted by molar-refractivity contribution is 6.02. The molecule has 2 amide bonds. The first-order chi connectivity index (χ1) is 6.27. The summed E-state index contributed by atoms with van der Waals surface area (Å²) < 4.78 is 0. The standard InChI is InChI=1S/C10H13NO2/c12-9-5-6-10(13)11(9)7-8-3-1-2-4-8/h3H,1-2,4-7H2. The molecule has 0 N–H and O–H groups in total. The molecular formula is C10H13NO2. The molecule has 0 saturated carbocycles. The van der Waals surface area contributed by atoms with Crippen LogP contribution in [0.25, 0.3) is 0 Å². The second kappa shape index (κ2) is 3.32. The van der Waals surface area contributed by atoms with Gasteiger partial charge in [-0.1, -0.05) is 11.6 Å². The Kier molecular flexibility index (Phi) is 2.17. The second-order valence-electron chi connectivity index (χ2n) is 3.63. The van der Waals surface area contributed by atoms with Crippen LogP contribution in [-0.4, -0.2) is 23.3 Å². The van der Waals surface area contributed by atoms with Gasteiger partial charge in [0.05, 0.1) is 0 Å². The fourth-order valence-electron chi connectivity index (χ4n) is 1.88. The van der Waals surface area contributed by atoms with Crippen molar-refractivity contribution in [1.82, 2.24) is 4.90 Å². The summed E-state index contributed by atoms with van der Waals surface area (Å²) in [7, 11) is 0. The van der Waals surface area contributed by atoms with E-state index in [0.717, 1.165) is 12.8 Å². The Labute approximate surface area is 77.4 Å². The number of allylic oxidation sites excluding steroid dienone is 1. The van der Waals surface area contributed by atoms with Gasteiger partial charge < -0.3 is 0 Å². The van der Waals surface area contributed by atoms with Gasteiger partial charge >= 0.3 is 0 Å². The van der Waals surface area contributed by atoms with Crippen LogP contribution in [0, 0.1) is 0 Å². The molecule has 70 valence electrons. The van der Waals surface area contributed by atoms with E-state index >= 15 is 0 Å². The first-order valence-corrected chi connectivity index (χ1v) is 4.78. The van der Waals surface area contributed by atoms with Crippen LogP contribution in [0.1, 0.15) is 32.1 Å². The lowest BCUT2D eigenvalue weighted by Gasteiger charge is -2.13. The zero-order valence-electron chi connectivity index (χ0n) is 7.58. The number of rotatable bonds is 2. The highest BCUT2D eigenvalue weighted by Crippen LogP contribution is 2.21. The van der Waals surface area contributed by atoms with Gasteiger partial charge in [0.2, 0.25) is 11.8 Å². The summed E-state index contributed by atoms with van der Waals surface area (Å²) in [6.45, 7) is 0.553. The van der Waals surface area contributed by atoms with Crippen molar-refractivity contribution in [2.45, 2.75) is 32.1 Å². The van der Waals surface area contributed by atoms with Crippen LogP contribution in [-0.2, 0) is 9.59 Å². The summed E-state index contributed by atoms with van der Waals surface area (Å²) in [6.07, 6.45) is 6.30. The lowest BCUT2D eigenvalue weighted by molar-refractivity contribution is -0.137. The lowest BCUT2D eigenvalue weighted by Crippen LogP contribution is -2.30. The first-order valence-electron chi connectivity index (χ1n) is 4.78. The predicted molar refractivity (Wildman–Crippen MR) is 47.9 cm³/mol. The molecule has 0 bridgehead atoms. The quantitative estimate of drug-likeness (QED) is 0.472. The van der Waals surface area contributed by atoms with Gasteiger partial charge in [-0.15, -0.1) is 0 Å². The van der Waals surface area contributed by atoms with Crippen LogP contribution in [0.3, 0.4) is 0 Å².